The summed E-state index contributed by atoms with van der Waals surface area (Å²) in [6.07, 6.45) is 11.2. The van der Waals surface area contributed by atoms with Gasteiger partial charge in [-0.1, -0.05) is 54.2 Å². The molecule has 4 nitrogen and oxygen atoms in total. The Hall–Kier alpha value is -3.28. The molecule has 1 saturated carbocycles. The average Bonchev–Trinajstić information content (AvgIpc) is 3.22. The fourth-order valence-corrected chi connectivity index (χ4v) is 6.74. The molecule has 7 heteroatoms. The largest absolute Gasteiger partial charge is 0.292 e. The van der Waals surface area contributed by atoms with E-state index in [2.05, 4.69) is 11.1 Å². The Morgan fingerprint density at radius 2 is 1.75 bits per heavy atom. The van der Waals surface area contributed by atoms with Gasteiger partial charge in [-0.25, -0.2) is 9.07 Å². The Labute approximate surface area is 243 Å². The number of fused-ring (bicyclic) bond motifs is 1. The Morgan fingerprint density at radius 1 is 0.950 bits per heavy atom. The predicted octanol–water partition coefficient (Wildman–Crippen LogP) is 9.14. The molecule has 40 heavy (non-hydrogen) atoms. The minimum atomic E-state index is -0.274. The quantitative estimate of drug-likeness (QED) is 0.176. The summed E-state index contributed by atoms with van der Waals surface area (Å²) in [4.78, 5) is 19.1. The van der Waals surface area contributed by atoms with Crippen molar-refractivity contribution in [3.63, 3.8) is 0 Å². The molecule has 2 aliphatic rings. The molecule has 1 fully saturated rings. The fourth-order valence-electron chi connectivity index (χ4n) is 6.25. The SMILES string of the molecule is O=C(c1nn(-c2ccc(Cl)cc2Cl)c2c1CCCC/C2=C\c1ccc(F)cc1)C1CCCCC1c1ccccn1. The molecule has 0 aliphatic heterocycles. The molecule has 2 aliphatic carbocycles. The molecular weight excluding hydrogens is 544 g/mol. The number of rotatable bonds is 5. The second-order valence-corrected chi connectivity index (χ2v) is 11.6. The van der Waals surface area contributed by atoms with Crippen LogP contribution in [-0.4, -0.2) is 20.5 Å². The number of halogens is 3. The maximum atomic E-state index is 14.4. The van der Waals surface area contributed by atoms with Gasteiger partial charge >= 0.3 is 0 Å². The highest BCUT2D eigenvalue weighted by Crippen LogP contribution is 2.42. The molecule has 6 rings (SSSR count). The Morgan fingerprint density at radius 3 is 2.52 bits per heavy atom. The summed E-state index contributed by atoms with van der Waals surface area (Å²) in [7, 11) is 0. The first-order chi connectivity index (χ1) is 19.5. The van der Waals surface area contributed by atoms with E-state index in [0.717, 1.165) is 79.5 Å². The molecule has 2 atom stereocenters. The average molecular weight is 575 g/mol. The molecule has 0 spiro atoms. The highest BCUT2D eigenvalue weighted by molar-refractivity contribution is 6.35. The summed E-state index contributed by atoms with van der Waals surface area (Å²) < 4.78 is 15.5. The van der Waals surface area contributed by atoms with Crippen molar-refractivity contribution in [1.29, 1.82) is 0 Å². The molecule has 2 aromatic heterocycles. The molecule has 0 saturated heterocycles. The minimum absolute atomic E-state index is 0.0716. The number of aromatic nitrogens is 3. The first-order valence-electron chi connectivity index (χ1n) is 14.0. The van der Waals surface area contributed by atoms with E-state index >= 15 is 0 Å². The van der Waals surface area contributed by atoms with Crippen LogP contribution in [0.2, 0.25) is 10.0 Å². The summed E-state index contributed by atoms with van der Waals surface area (Å²) in [5, 5.41) is 6.02. The van der Waals surface area contributed by atoms with E-state index in [0.29, 0.717) is 21.4 Å². The van der Waals surface area contributed by atoms with Gasteiger partial charge in [-0.15, -0.1) is 0 Å². The van der Waals surface area contributed by atoms with Gasteiger partial charge < -0.3 is 0 Å². The number of nitrogens with zero attached hydrogens (tertiary/aromatic N) is 3. The van der Waals surface area contributed by atoms with Crippen molar-refractivity contribution < 1.29 is 9.18 Å². The number of hydrogen-bond acceptors (Lipinski definition) is 3. The van der Waals surface area contributed by atoms with Crippen LogP contribution in [0.25, 0.3) is 17.3 Å². The highest BCUT2D eigenvalue weighted by atomic mass is 35.5. The Kier molecular flexibility index (Phi) is 7.86. The monoisotopic (exact) mass is 573 g/mol. The maximum absolute atomic E-state index is 14.4. The van der Waals surface area contributed by atoms with E-state index in [1.54, 1.807) is 30.5 Å². The van der Waals surface area contributed by atoms with Crippen molar-refractivity contribution in [1.82, 2.24) is 14.8 Å². The second-order valence-electron chi connectivity index (χ2n) is 10.7. The fraction of sp³-hybridized carbons (Fsp3) is 0.303. The third kappa shape index (κ3) is 5.37. The number of carbonyl (C=O) groups is 1. The third-order valence-corrected chi connectivity index (χ3v) is 8.70. The van der Waals surface area contributed by atoms with Gasteiger partial charge in [0.25, 0.3) is 0 Å². The second kappa shape index (κ2) is 11.7. The molecule has 4 aromatic rings. The van der Waals surface area contributed by atoms with E-state index < -0.39 is 0 Å². The zero-order valence-corrected chi connectivity index (χ0v) is 23.6. The van der Waals surface area contributed by atoms with Crippen LogP contribution in [0.5, 0.6) is 0 Å². The smallest absolute Gasteiger partial charge is 0.187 e. The van der Waals surface area contributed by atoms with Gasteiger partial charge in [-0.3, -0.25) is 9.78 Å². The van der Waals surface area contributed by atoms with Gasteiger partial charge in [0, 0.05) is 34.3 Å². The lowest BCUT2D eigenvalue weighted by molar-refractivity contribution is 0.0859. The van der Waals surface area contributed by atoms with E-state index in [9.17, 15) is 9.18 Å². The lowest BCUT2D eigenvalue weighted by Crippen LogP contribution is -2.27. The third-order valence-electron chi connectivity index (χ3n) is 8.16. The van der Waals surface area contributed by atoms with Crippen LogP contribution in [0.15, 0.2) is 66.9 Å². The van der Waals surface area contributed by atoms with E-state index in [4.69, 9.17) is 28.3 Å². The minimum Gasteiger partial charge on any atom is -0.292 e. The zero-order chi connectivity index (χ0) is 27.6. The first-order valence-corrected chi connectivity index (χ1v) is 14.7. The summed E-state index contributed by atoms with van der Waals surface area (Å²) in [5.41, 5.74) is 6.01. The van der Waals surface area contributed by atoms with Gasteiger partial charge in [0.05, 0.1) is 16.4 Å². The van der Waals surface area contributed by atoms with Crippen LogP contribution >= 0.6 is 23.2 Å². The summed E-state index contributed by atoms with van der Waals surface area (Å²) in [6.45, 7) is 0. The van der Waals surface area contributed by atoms with E-state index in [1.807, 2.05) is 28.9 Å². The topological polar surface area (TPSA) is 47.8 Å². The summed E-state index contributed by atoms with van der Waals surface area (Å²) in [5.74, 6) is -0.296. The molecule has 2 unspecified atom stereocenters. The number of carbonyl (C=O) groups excluding carboxylic acids is 1. The van der Waals surface area contributed by atoms with Crippen molar-refractivity contribution in [2.75, 3.05) is 0 Å². The van der Waals surface area contributed by atoms with Crippen molar-refractivity contribution >= 4 is 40.6 Å². The number of hydrogen-bond donors (Lipinski definition) is 0. The lowest BCUT2D eigenvalue weighted by Gasteiger charge is -2.29. The normalized spacial score (nSPS) is 20.2. The predicted molar refractivity (Wildman–Crippen MR) is 159 cm³/mol. The van der Waals surface area contributed by atoms with E-state index in [-0.39, 0.29) is 23.4 Å². The van der Waals surface area contributed by atoms with Crippen molar-refractivity contribution in [3.05, 3.63) is 111 Å². The highest BCUT2D eigenvalue weighted by Gasteiger charge is 2.37. The van der Waals surface area contributed by atoms with Gasteiger partial charge in [-0.2, -0.15) is 5.10 Å². The van der Waals surface area contributed by atoms with Gasteiger partial charge in [-0.05, 0) is 98.2 Å². The summed E-state index contributed by atoms with van der Waals surface area (Å²) in [6, 6.07) is 17.8. The van der Waals surface area contributed by atoms with Gasteiger partial charge in [0.15, 0.2) is 5.78 Å². The Balaban J connectivity index is 1.51. The van der Waals surface area contributed by atoms with Crippen LogP contribution in [0.1, 0.15) is 83.9 Å². The number of ketones is 1. The molecule has 0 radical (unpaired) electrons. The maximum Gasteiger partial charge on any atom is 0.187 e. The van der Waals surface area contributed by atoms with Crippen LogP contribution in [0, 0.1) is 11.7 Å². The first kappa shape index (κ1) is 26.9. The summed E-state index contributed by atoms with van der Waals surface area (Å²) >= 11 is 13.0. The zero-order valence-electron chi connectivity index (χ0n) is 22.1. The molecule has 2 heterocycles. The number of benzene rings is 2. The van der Waals surface area contributed by atoms with Crippen molar-refractivity contribution in [3.8, 4) is 5.69 Å². The van der Waals surface area contributed by atoms with Crippen LogP contribution in [0.4, 0.5) is 4.39 Å². The van der Waals surface area contributed by atoms with Gasteiger partial charge in [0.1, 0.15) is 11.5 Å². The lowest BCUT2D eigenvalue weighted by atomic mass is 9.74. The van der Waals surface area contributed by atoms with E-state index in [1.165, 1.54) is 12.1 Å². The molecule has 0 amide bonds. The van der Waals surface area contributed by atoms with Crippen LogP contribution < -0.4 is 0 Å². The van der Waals surface area contributed by atoms with Crippen molar-refractivity contribution in [2.24, 2.45) is 5.92 Å². The van der Waals surface area contributed by atoms with Crippen LogP contribution in [-0.2, 0) is 6.42 Å². The standard InChI is InChI=1S/C33H30Cl2FN3O/c34-23-14-17-30(28(35)20-23)39-32-22(19-21-12-15-24(36)16-13-21)7-1-2-10-27(32)31(38-39)33(40)26-9-4-3-8-25(26)29-11-5-6-18-37-29/h5-6,11-20,25-26H,1-4,7-10H2/b22-19+. The van der Waals surface area contributed by atoms with Crippen molar-refractivity contribution in [2.45, 2.75) is 57.3 Å². The number of allylic oxidation sites excluding steroid dienone is 1. The van der Waals surface area contributed by atoms with Crippen LogP contribution in [0.3, 0.4) is 0 Å². The number of Topliss-reactive ketones (excluding diaryl/α,β-unsaturated/α-hetero) is 1. The number of pyridine rings is 1. The molecule has 204 valence electrons. The molecule has 0 N–H and O–H groups in total. The van der Waals surface area contributed by atoms with Gasteiger partial charge in [0.2, 0.25) is 0 Å². The molecule has 0 bridgehead atoms. The molecular formula is C33H30Cl2FN3O. The molecule has 2 aromatic carbocycles. The Bertz CT molecular complexity index is 1560.